The van der Waals surface area contributed by atoms with Gasteiger partial charge < -0.3 is 0 Å². The first kappa shape index (κ1) is 14.7. The van der Waals surface area contributed by atoms with Gasteiger partial charge in [0, 0.05) is 5.69 Å². The lowest BCUT2D eigenvalue weighted by Crippen LogP contribution is -2.13. The molecule has 7 heteroatoms. The standard InChI is InChI=1S/C13H14ClN3O2S/c1-2-3-10-4-6-11(7-5-10)17-20(18,19)12-8-15-13(14)16-9-12/h4-9,17H,2-3H2,1H3. The quantitative estimate of drug-likeness (QED) is 0.862. The van der Waals surface area contributed by atoms with Crippen molar-refractivity contribution in [3.8, 4) is 0 Å². The topological polar surface area (TPSA) is 72.0 Å². The third-order valence-electron chi connectivity index (χ3n) is 2.65. The van der Waals surface area contributed by atoms with Crippen LogP contribution in [0, 0.1) is 0 Å². The molecule has 1 aromatic carbocycles. The van der Waals surface area contributed by atoms with Crippen molar-refractivity contribution in [2.75, 3.05) is 4.72 Å². The Labute approximate surface area is 123 Å². The molecule has 0 unspecified atom stereocenters. The van der Waals surface area contributed by atoms with Gasteiger partial charge in [-0.25, -0.2) is 18.4 Å². The first-order valence-corrected chi connectivity index (χ1v) is 7.96. The van der Waals surface area contributed by atoms with Gasteiger partial charge in [0.2, 0.25) is 5.28 Å². The molecule has 0 radical (unpaired) electrons. The maximum absolute atomic E-state index is 12.1. The maximum Gasteiger partial charge on any atom is 0.264 e. The Morgan fingerprint density at radius 2 is 1.75 bits per heavy atom. The SMILES string of the molecule is CCCc1ccc(NS(=O)(=O)c2cnc(Cl)nc2)cc1. The Kier molecular flexibility index (Phi) is 4.57. The molecular formula is C13H14ClN3O2S. The van der Waals surface area contributed by atoms with E-state index >= 15 is 0 Å². The molecule has 0 saturated carbocycles. The molecule has 0 saturated heterocycles. The summed E-state index contributed by atoms with van der Waals surface area (Å²) in [6.45, 7) is 2.09. The van der Waals surface area contributed by atoms with Gasteiger partial charge in [-0.3, -0.25) is 4.72 Å². The lowest BCUT2D eigenvalue weighted by Gasteiger charge is -2.08. The van der Waals surface area contributed by atoms with Crippen molar-refractivity contribution in [3.05, 3.63) is 47.5 Å². The first-order valence-electron chi connectivity index (χ1n) is 6.10. The summed E-state index contributed by atoms with van der Waals surface area (Å²) < 4.78 is 26.7. The zero-order valence-electron chi connectivity index (χ0n) is 10.9. The maximum atomic E-state index is 12.1. The highest BCUT2D eigenvalue weighted by Crippen LogP contribution is 2.16. The molecule has 1 aromatic heterocycles. The summed E-state index contributed by atoms with van der Waals surface area (Å²) in [4.78, 5) is 7.29. The second kappa shape index (κ2) is 6.19. The average molecular weight is 312 g/mol. The molecule has 2 aromatic rings. The molecule has 0 spiro atoms. The van der Waals surface area contributed by atoms with E-state index in [0.717, 1.165) is 12.8 Å². The molecule has 0 aliphatic carbocycles. The van der Waals surface area contributed by atoms with E-state index in [1.807, 2.05) is 12.1 Å². The number of sulfonamides is 1. The molecule has 0 amide bonds. The Bertz CT molecular complexity index is 670. The van der Waals surface area contributed by atoms with Crippen molar-refractivity contribution in [3.63, 3.8) is 0 Å². The molecule has 1 heterocycles. The smallest absolute Gasteiger partial charge is 0.264 e. The fraction of sp³-hybridized carbons (Fsp3) is 0.231. The lowest BCUT2D eigenvalue weighted by molar-refractivity contribution is 0.600. The van der Waals surface area contributed by atoms with Crippen molar-refractivity contribution in [1.82, 2.24) is 9.97 Å². The van der Waals surface area contributed by atoms with Crippen molar-refractivity contribution in [2.24, 2.45) is 0 Å². The number of nitrogens with one attached hydrogen (secondary N) is 1. The number of benzene rings is 1. The summed E-state index contributed by atoms with van der Waals surface area (Å²) in [7, 11) is -3.69. The van der Waals surface area contributed by atoms with Crippen LogP contribution in [-0.4, -0.2) is 18.4 Å². The van der Waals surface area contributed by atoms with Crippen molar-refractivity contribution in [1.29, 1.82) is 0 Å². The first-order chi connectivity index (χ1) is 9.51. The van der Waals surface area contributed by atoms with E-state index in [2.05, 4.69) is 21.6 Å². The Hall–Kier alpha value is -1.66. The predicted molar refractivity (Wildman–Crippen MR) is 78.3 cm³/mol. The number of hydrogen-bond acceptors (Lipinski definition) is 4. The van der Waals surface area contributed by atoms with Crippen LogP contribution in [0.5, 0.6) is 0 Å². The zero-order chi connectivity index (χ0) is 14.6. The summed E-state index contributed by atoms with van der Waals surface area (Å²) in [5.41, 5.74) is 1.67. The van der Waals surface area contributed by atoms with Gasteiger partial charge in [-0.15, -0.1) is 0 Å². The minimum absolute atomic E-state index is 0.00729. The normalized spacial score (nSPS) is 11.3. The van der Waals surface area contributed by atoms with Gasteiger partial charge in [-0.1, -0.05) is 25.5 Å². The molecule has 0 fully saturated rings. The second-order valence-electron chi connectivity index (χ2n) is 4.24. The molecule has 1 N–H and O–H groups in total. The van der Waals surface area contributed by atoms with Crippen LogP contribution in [-0.2, 0) is 16.4 Å². The van der Waals surface area contributed by atoms with Crippen LogP contribution in [0.25, 0.3) is 0 Å². The Balaban J connectivity index is 2.17. The molecule has 5 nitrogen and oxygen atoms in total. The summed E-state index contributed by atoms with van der Waals surface area (Å²) in [5, 5.41) is 0.00729. The Morgan fingerprint density at radius 1 is 1.15 bits per heavy atom. The molecule has 20 heavy (non-hydrogen) atoms. The fourth-order valence-corrected chi connectivity index (χ4v) is 2.73. The zero-order valence-corrected chi connectivity index (χ0v) is 12.4. The number of hydrogen-bond donors (Lipinski definition) is 1. The summed E-state index contributed by atoms with van der Waals surface area (Å²) >= 11 is 5.53. The van der Waals surface area contributed by atoms with E-state index in [1.54, 1.807) is 12.1 Å². The van der Waals surface area contributed by atoms with E-state index in [0.29, 0.717) is 5.69 Å². The van der Waals surface area contributed by atoms with Crippen LogP contribution in [0.3, 0.4) is 0 Å². The van der Waals surface area contributed by atoms with Crippen LogP contribution >= 0.6 is 11.6 Å². The predicted octanol–water partition coefficient (Wildman–Crippen LogP) is 2.88. The van der Waals surface area contributed by atoms with Gasteiger partial charge in [0.15, 0.2) is 0 Å². The molecule has 106 valence electrons. The number of nitrogens with zero attached hydrogens (tertiary/aromatic N) is 2. The van der Waals surface area contributed by atoms with Crippen LogP contribution in [0.2, 0.25) is 5.28 Å². The second-order valence-corrected chi connectivity index (χ2v) is 6.26. The summed E-state index contributed by atoms with van der Waals surface area (Å²) in [6.07, 6.45) is 4.36. The molecule has 2 rings (SSSR count). The van der Waals surface area contributed by atoms with Gasteiger partial charge in [0.1, 0.15) is 4.90 Å². The van der Waals surface area contributed by atoms with Crippen LogP contribution < -0.4 is 4.72 Å². The highest BCUT2D eigenvalue weighted by atomic mass is 35.5. The number of halogens is 1. The monoisotopic (exact) mass is 311 g/mol. The van der Waals surface area contributed by atoms with E-state index in [1.165, 1.54) is 18.0 Å². The van der Waals surface area contributed by atoms with Gasteiger partial charge in [0.05, 0.1) is 12.4 Å². The molecule has 0 aliphatic rings. The van der Waals surface area contributed by atoms with Crippen LogP contribution in [0.4, 0.5) is 5.69 Å². The Morgan fingerprint density at radius 3 is 2.30 bits per heavy atom. The van der Waals surface area contributed by atoms with E-state index in [4.69, 9.17) is 11.6 Å². The van der Waals surface area contributed by atoms with Gasteiger partial charge in [-0.2, -0.15) is 0 Å². The summed E-state index contributed by atoms with van der Waals surface area (Å²) in [6, 6.07) is 7.28. The highest BCUT2D eigenvalue weighted by molar-refractivity contribution is 7.92. The average Bonchev–Trinajstić information content (AvgIpc) is 2.41. The van der Waals surface area contributed by atoms with Crippen LogP contribution in [0.1, 0.15) is 18.9 Å². The molecule has 0 atom stereocenters. The minimum Gasteiger partial charge on any atom is -0.280 e. The fourth-order valence-electron chi connectivity index (χ4n) is 1.68. The number of aromatic nitrogens is 2. The molecule has 0 aliphatic heterocycles. The van der Waals surface area contributed by atoms with Crippen molar-refractivity contribution < 1.29 is 8.42 Å². The van der Waals surface area contributed by atoms with Crippen molar-refractivity contribution >= 4 is 27.3 Å². The number of aryl methyl sites for hydroxylation is 1. The van der Waals surface area contributed by atoms with Gasteiger partial charge in [-0.05, 0) is 35.7 Å². The lowest BCUT2D eigenvalue weighted by atomic mass is 10.1. The minimum atomic E-state index is -3.69. The molecule has 0 bridgehead atoms. The number of rotatable bonds is 5. The number of anilines is 1. The van der Waals surface area contributed by atoms with E-state index in [9.17, 15) is 8.42 Å². The third kappa shape index (κ3) is 3.68. The molecular weight excluding hydrogens is 298 g/mol. The van der Waals surface area contributed by atoms with Crippen molar-refractivity contribution in [2.45, 2.75) is 24.7 Å². The van der Waals surface area contributed by atoms with E-state index in [-0.39, 0.29) is 10.2 Å². The highest BCUT2D eigenvalue weighted by Gasteiger charge is 2.15. The largest absolute Gasteiger partial charge is 0.280 e. The van der Waals surface area contributed by atoms with Gasteiger partial charge >= 0.3 is 0 Å². The third-order valence-corrected chi connectivity index (χ3v) is 4.18. The van der Waals surface area contributed by atoms with Crippen LogP contribution in [0.15, 0.2) is 41.6 Å². The van der Waals surface area contributed by atoms with E-state index < -0.39 is 10.0 Å². The summed E-state index contributed by atoms with van der Waals surface area (Å²) in [5.74, 6) is 0. The van der Waals surface area contributed by atoms with Gasteiger partial charge in [0.25, 0.3) is 10.0 Å².